The van der Waals surface area contributed by atoms with Crippen molar-refractivity contribution in [1.82, 2.24) is 5.32 Å². The van der Waals surface area contributed by atoms with Crippen LogP contribution < -0.4 is 10.1 Å². The van der Waals surface area contributed by atoms with Crippen molar-refractivity contribution < 1.29 is 38.4 Å². The van der Waals surface area contributed by atoms with E-state index in [1.54, 1.807) is 0 Å². The Morgan fingerprint density at radius 2 is 1.53 bits per heavy atom. The Morgan fingerprint density at radius 3 is 2.06 bits per heavy atom. The van der Waals surface area contributed by atoms with Crippen LogP contribution in [0.2, 0.25) is 0 Å². The highest BCUT2D eigenvalue weighted by Gasteiger charge is 2.68. The van der Waals surface area contributed by atoms with Gasteiger partial charge in [-0.1, -0.05) is 12.1 Å². The van der Waals surface area contributed by atoms with Crippen molar-refractivity contribution in [1.29, 1.82) is 0 Å². The molecule has 0 bridgehead atoms. The fourth-order valence-electron chi connectivity index (χ4n) is 4.80. The van der Waals surface area contributed by atoms with Crippen molar-refractivity contribution in [2.24, 2.45) is 5.92 Å². The van der Waals surface area contributed by atoms with E-state index in [0.717, 1.165) is 0 Å². The largest absolute Gasteiger partial charge is 0.464 e. The van der Waals surface area contributed by atoms with Gasteiger partial charge < -0.3 is 14.2 Å². The minimum Gasteiger partial charge on any atom is -0.464 e. The molecule has 1 N–H and O–H groups in total. The number of fused-ring (bicyclic) bond motifs is 3. The molecule has 2 aliphatic heterocycles. The van der Waals surface area contributed by atoms with E-state index in [1.807, 2.05) is 0 Å². The molecule has 13 heteroatoms. The van der Waals surface area contributed by atoms with E-state index in [1.165, 1.54) is 56.3 Å². The highest BCUT2D eigenvalue weighted by atomic mass is 16.6. The SMILES string of the molecule is CCOC(=O)C1(C(=O)OCC)N[C@H]2c3cc([N+](=O)[O-])ccc3OC(=O)[C@H]2[C@@H]1c1ccc([N+](=O)[O-])cc1. The smallest absolute Gasteiger partial charge is 0.338 e. The first-order chi connectivity index (χ1) is 17.1. The molecule has 4 rings (SSSR count). The Bertz CT molecular complexity index is 1240. The van der Waals surface area contributed by atoms with E-state index in [4.69, 9.17) is 14.2 Å². The zero-order chi connectivity index (χ0) is 26.2. The highest BCUT2D eigenvalue weighted by molar-refractivity contribution is 6.08. The number of nitro groups is 2. The number of non-ortho nitro benzene ring substituents is 2. The number of benzene rings is 2. The van der Waals surface area contributed by atoms with Gasteiger partial charge in [0.2, 0.25) is 5.54 Å². The van der Waals surface area contributed by atoms with E-state index in [0.29, 0.717) is 0 Å². The van der Waals surface area contributed by atoms with E-state index in [2.05, 4.69) is 5.32 Å². The molecule has 2 aliphatic rings. The normalized spacial score (nSPS) is 21.5. The van der Waals surface area contributed by atoms with Gasteiger partial charge in [0, 0.05) is 35.7 Å². The van der Waals surface area contributed by atoms with Crippen LogP contribution >= 0.6 is 0 Å². The predicted octanol–water partition coefficient (Wildman–Crippen LogP) is 2.33. The average molecular weight is 499 g/mol. The number of carbonyl (C=O) groups excluding carboxylic acids is 3. The quantitative estimate of drug-likeness (QED) is 0.194. The number of hydrogen-bond acceptors (Lipinski definition) is 11. The fourth-order valence-corrected chi connectivity index (χ4v) is 4.80. The third-order valence-electron chi connectivity index (χ3n) is 6.25. The van der Waals surface area contributed by atoms with Crippen LogP contribution in [0.15, 0.2) is 42.5 Å². The lowest BCUT2D eigenvalue weighted by Gasteiger charge is -2.32. The van der Waals surface area contributed by atoms with Crippen molar-refractivity contribution in [2.45, 2.75) is 31.3 Å². The highest BCUT2D eigenvalue weighted by Crippen LogP contribution is 2.54. The fraction of sp³-hybridized carbons (Fsp3) is 0.348. The van der Waals surface area contributed by atoms with Gasteiger partial charge in [-0.3, -0.25) is 30.3 Å². The number of carbonyl (C=O) groups is 3. The van der Waals surface area contributed by atoms with Crippen LogP contribution in [0.5, 0.6) is 5.75 Å². The Hall–Kier alpha value is -4.39. The van der Waals surface area contributed by atoms with Gasteiger partial charge in [-0.15, -0.1) is 0 Å². The molecule has 2 aromatic rings. The van der Waals surface area contributed by atoms with E-state index < -0.39 is 51.2 Å². The number of rotatable bonds is 7. The molecule has 2 aromatic carbocycles. The second-order valence-electron chi connectivity index (χ2n) is 8.12. The molecular formula is C23H21N3O10. The summed E-state index contributed by atoms with van der Waals surface area (Å²) in [5.41, 5.74) is -2.36. The molecule has 0 amide bonds. The maximum absolute atomic E-state index is 13.4. The summed E-state index contributed by atoms with van der Waals surface area (Å²) in [4.78, 5) is 61.4. The molecule has 1 saturated heterocycles. The van der Waals surface area contributed by atoms with Crippen LogP contribution in [0, 0.1) is 26.1 Å². The van der Waals surface area contributed by atoms with Crippen molar-refractivity contribution in [3.05, 3.63) is 73.8 Å². The van der Waals surface area contributed by atoms with Crippen LogP contribution in [0.1, 0.15) is 36.9 Å². The van der Waals surface area contributed by atoms with Gasteiger partial charge in [0.1, 0.15) is 5.75 Å². The topological polar surface area (TPSA) is 177 Å². The van der Waals surface area contributed by atoms with Gasteiger partial charge in [0.15, 0.2) is 0 Å². The standard InChI is InChI=1S/C23H21N3O10/c1-3-34-21(28)23(22(29)35-4-2)18(12-5-7-13(8-6-12)25(30)31)17-19(24-23)15-11-14(26(32)33)9-10-16(15)36-20(17)27/h5-11,17-19,24H,3-4H2,1-2H3/t17-,18-,19-/m0/s1. The first-order valence-electron chi connectivity index (χ1n) is 11.0. The summed E-state index contributed by atoms with van der Waals surface area (Å²) in [6.07, 6.45) is 0. The Morgan fingerprint density at radius 1 is 0.972 bits per heavy atom. The third kappa shape index (κ3) is 3.82. The zero-order valence-electron chi connectivity index (χ0n) is 19.2. The monoisotopic (exact) mass is 499 g/mol. The number of esters is 3. The van der Waals surface area contributed by atoms with Crippen LogP contribution in [-0.4, -0.2) is 46.5 Å². The summed E-state index contributed by atoms with van der Waals surface area (Å²) in [6.45, 7) is 2.87. The molecule has 0 saturated carbocycles. The lowest BCUT2D eigenvalue weighted by atomic mass is 9.73. The molecular weight excluding hydrogens is 478 g/mol. The van der Waals surface area contributed by atoms with Crippen LogP contribution in [0.25, 0.3) is 0 Å². The summed E-state index contributed by atoms with van der Waals surface area (Å²) in [7, 11) is 0. The second-order valence-corrected chi connectivity index (χ2v) is 8.12. The first kappa shape index (κ1) is 24.7. The third-order valence-corrected chi connectivity index (χ3v) is 6.25. The van der Waals surface area contributed by atoms with Crippen LogP contribution in [-0.2, 0) is 23.9 Å². The molecule has 36 heavy (non-hydrogen) atoms. The maximum Gasteiger partial charge on any atom is 0.338 e. The Kier molecular flexibility index (Phi) is 6.41. The summed E-state index contributed by atoms with van der Waals surface area (Å²) < 4.78 is 15.9. The summed E-state index contributed by atoms with van der Waals surface area (Å²) in [6, 6.07) is 7.57. The minimum atomic E-state index is -2.25. The van der Waals surface area contributed by atoms with Crippen molar-refractivity contribution in [3.8, 4) is 5.75 Å². The number of hydrogen-bond donors (Lipinski definition) is 1. The number of ether oxygens (including phenoxy) is 3. The van der Waals surface area contributed by atoms with Crippen molar-refractivity contribution in [3.63, 3.8) is 0 Å². The van der Waals surface area contributed by atoms with Gasteiger partial charge in [-0.2, -0.15) is 0 Å². The van der Waals surface area contributed by atoms with Gasteiger partial charge in [0.25, 0.3) is 11.4 Å². The zero-order valence-corrected chi connectivity index (χ0v) is 19.2. The second kappa shape index (κ2) is 9.34. The molecule has 188 valence electrons. The maximum atomic E-state index is 13.4. The van der Waals surface area contributed by atoms with E-state index in [9.17, 15) is 34.6 Å². The average Bonchev–Trinajstić information content (AvgIpc) is 3.22. The van der Waals surface area contributed by atoms with Crippen LogP contribution in [0.4, 0.5) is 11.4 Å². The molecule has 3 atom stereocenters. The van der Waals surface area contributed by atoms with Crippen molar-refractivity contribution >= 4 is 29.3 Å². The van der Waals surface area contributed by atoms with Gasteiger partial charge >= 0.3 is 17.9 Å². The Labute approximate surface area is 203 Å². The molecule has 0 unspecified atom stereocenters. The molecule has 13 nitrogen and oxygen atoms in total. The lowest BCUT2D eigenvalue weighted by molar-refractivity contribution is -0.385. The molecule has 0 aliphatic carbocycles. The molecule has 0 radical (unpaired) electrons. The number of nitrogens with one attached hydrogen (secondary N) is 1. The summed E-state index contributed by atoms with van der Waals surface area (Å²) in [5, 5.41) is 25.5. The predicted molar refractivity (Wildman–Crippen MR) is 120 cm³/mol. The number of nitrogens with zero attached hydrogens (tertiary/aromatic N) is 2. The Balaban J connectivity index is 1.96. The van der Waals surface area contributed by atoms with Gasteiger partial charge in [0.05, 0.1) is 35.0 Å². The summed E-state index contributed by atoms with van der Waals surface area (Å²) in [5.74, 6) is -5.32. The van der Waals surface area contributed by atoms with Gasteiger partial charge in [-0.25, -0.2) is 9.59 Å². The lowest BCUT2D eigenvalue weighted by Crippen LogP contribution is -2.59. The molecule has 0 aromatic heterocycles. The van der Waals surface area contributed by atoms with E-state index >= 15 is 0 Å². The van der Waals surface area contributed by atoms with Crippen LogP contribution in [0.3, 0.4) is 0 Å². The first-order valence-corrected chi connectivity index (χ1v) is 11.0. The van der Waals surface area contributed by atoms with E-state index in [-0.39, 0.29) is 41.5 Å². The minimum absolute atomic E-state index is 0.0327. The summed E-state index contributed by atoms with van der Waals surface area (Å²) >= 11 is 0. The molecule has 2 heterocycles. The van der Waals surface area contributed by atoms with Crippen molar-refractivity contribution in [2.75, 3.05) is 13.2 Å². The van der Waals surface area contributed by atoms with Gasteiger partial charge in [-0.05, 0) is 25.5 Å². The molecule has 1 fully saturated rings. The number of nitro benzene ring substituents is 2. The molecule has 0 spiro atoms.